The highest BCUT2D eigenvalue weighted by Crippen LogP contribution is 2.27. The topological polar surface area (TPSA) is 49.4 Å². The van der Waals surface area contributed by atoms with Gasteiger partial charge in [-0.1, -0.05) is 48.5 Å². The van der Waals surface area contributed by atoms with E-state index in [1.165, 1.54) is 23.1 Å². The summed E-state index contributed by atoms with van der Waals surface area (Å²) in [5.41, 5.74) is 2.05. The van der Waals surface area contributed by atoms with Crippen molar-refractivity contribution in [2.45, 2.75) is 13.0 Å². The van der Waals surface area contributed by atoms with Crippen molar-refractivity contribution in [3.05, 3.63) is 89.4 Å². The minimum Gasteiger partial charge on any atom is -0.327 e. The molecule has 5 heteroatoms. The SMILES string of the molecule is CCN1C=C(C(=O)/C=C/c2ccc(F)cc2)C(c2ccccc2)NC1=O. The Hall–Kier alpha value is -3.21. The molecule has 1 aliphatic heterocycles. The Bertz CT molecular complexity index is 857. The molecule has 26 heavy (non-hydrogen) atoms. The van der Waals surface area contributed by atoms with Gasteiger partial charge in [0.1, 0.15) is 5.82 Å². The number of rotatable bonds is 5. The van der Waals surface area contributed by atoms with Crippen LogP contribution in [0.3, 0.4) is 0 Å². The monoisotopic (exact) mass is 350 g/mol. The van der Waals surface area contributed by atoms with Crippen LogP contribution in [0.2, 0.25) is 0 Å². The zero-order valence-electron chi connectivity index (χ0n) is 14.4. The number of carbonyl (C=O) groups is 2. The average Bonchev–Trinajstić information content (AvgIpc) is 2.67. The highest BCUT2D eigenvalue weighted by atomic mass is 19.1. The highest BCUT2D eigenvalue weighted by Gasteiger charge is 2.30. The number of allylic oxidation sites excluding steroid dienone is 1. The molecule has 2 aromatic carbocycles. The summed E-state index contributed by atoms with van der Waals surface area (Å²) < 4.78 is 13.0. The summed E-state index contributed by atoms with van der Waals surface area (Å²) in [5.74, 6) is -0.532. The molecular weight excluding hydrogens is 331 g/mol. The molecule has 0 bridgehead atoms. The molecule has 1 aliphatic rings. The van der Waals surface area contributed by atoms with Crippen LogP contribution in [0, 0.1) is 5.82 Å². The minimum absolute atomic E-state index is 0.207. The summed E-state index contributed by atoms with van der Waals surface area (Å²) in [6, 6.07) is 14.5. The second-order valence-corrected chi connectivity index (χ2v) is 5.91. The molecule has 3 rings (SSSR count). The summed E-state index contributed by atoms with van der Waals surface area (Å²) in [4.78, 5) is 26.4. The minimum atomic E-state index is -0.503. The first-order chi connectivity index (χ1) is 12.6. The van der Waals surface area contributed by atoms with Crippen LogP contribution in [0.25, 0.3) is 6.08 Å². The van der Waals surface area contributed by atoms with Crippen LogP contribution < -0.4 is 5.32 Å². The van der Waals surface area contributed by atoms with Gasteiger partial charge < -0.3 is 10.2 Å². The van der Waals surface area contributed by atoms with Gasteiger partial charge in [0.2, 0.25) is 0 Å². The fourth-order valence-electron chi connectivity index (χ4n) is 2.78. The first-order valence-electron chi connectivity index (χ1n) is 8.40. The largest absolute Gasteiger partial charge is 0.327 e. The van der Waals surface area contributed by atoms with Crippen LogP contribution in [-0.2, 0) is 4.79 Å². The van der Waals surface area contributed by atoms with Gasteiger partial charge in [-0.3, -0.25) is 4.79 Å². The standard InChI is InChI=1S/C21H19FN2O2/c1-2-24-14-18(19(25)13-10-15-8-11-17(22)12-9-15)20(23-21(24)26)16-6-4-3-5-7-16/h3-14,20H,2H2,1H3,(H,23,26)/b13-10+. The summed E-state index contributed by atoms with van der Waals surface area (Å²) in [6.45, 7) is 2.31. The van der Waals surface area contributed by atoms with Gasteiger partial charge in [-0.2, -0.15) is 0 Å². The van der Waals surface area contributed by atoms with Gasteiger partial charge in [0.25, 0.3) is 0 Å². The Kier molecular flexibility index (Phi) is 5.27. The Morgan fingerprint density at radius 1 is 1.15 bits per heavy atom. The number of urea groups is 1. The molecule has 1 unspecified atom stereocenters. The van der Waals surface area contributed by atoms with E-state index in [0.29, 0.717) is 12.1 Å². The van der Waals surface area contributed by atoms with E-state index in [2.05, 4.69) is 5.32 Å². The molecule has 0 radical (unpaired) electrons. The van der Waals surface area contributed by atoms with Crippen LogP contribution in [0.1, 0.15) is 24.1 Å². The number of hydrogen-bond acceptors (Lipinski definition) is 2. The Morgan fingerprint density at radius 3 is 2.50 bits per heavy atom. The fourth-order valence-corrected chi connectivity index (χ4v) is 2.78. The molecule has 0 spiro atoms. The number of amides is 2. The van der Waals surface area contributed by atoms with E-state index >= 15 is 0 Å². The Labute approximate surface area is 151 Å². The molecular formula is C21H19FN2O2. The van der Waals surface area contributed by atoms with Crippen molar-refractivity contribution in [3.63, 3.8) is 0 Å². The van der Waals surface area contributed by atoms with E-state index in [-0.39, 0.29) is 17.6 Å². The third kappa shape index (κ3) is 3.88. The normalized spacial score (nSPS) is 17.2. The van der Waals surface area contributed by atoms with E-state index in [1.807, 2.05) is 37.3 Å². The van der Waals surface area contributed by atoms with Crippen molar-refractivity contribution in [2.24, 2.45) is 0 Å². The highest BCUT2D eigenvalue weighted by molar-refractivity contribution is 6.08. The number of nitrogens with one attached hydrogen (secondary N) is 1. The Balaban J connectivity index is 1.90. The number of halogens is 1. The molecule has 2 aromatic rings. The van der Waals surface area contributed by atoms with E-state index in [4.69, 9.17) is 0 Å². The number of hydrogen-bond donors (Lipinski definition) is 1. The van der Waals surface area contributed by atoms with Crippen molar-refractivity contribution in [2.75, 3.05) is 6.54 Å². The van der Waals surface area contributed by atoms with Crippen LogP contribution in [0.4, 0.5) is 9.18 Å². The van der Waals surface area contributed by atoms with Gasteiger partial charge in [0.15, 0.2) is 5.78 Å². The molecule has 132 valence electrons. The van der Waals surface area contributed by atoms with E-state index in [0.717, 1.165) is 11.1 Å². The molecule has 0 fully saturated rings. The molecule has 2 amide bonds. The molecule has 1 heterocycles. The van der Waals surface area contributed by atoms with Crippen molar-refractivity contribution in [3.8, 4) is 0 Å². The maximum absolute atomic E-state index is 13.0. The lowest BCUT2D eigenvalue weighted by Crippen LogP contribution is -2.44. The maximum atomic E-state index is 13.0. The number of carbonyl (C=O) groups excluding carboxylic acids is 2. The van der Waals surface area contributed by atoms with E-state index < -0.39 is 6.04 Å². The molecule has 4 nitrogen and oxygen atoms in total. The fraction of sp³-hybridized carbons (Fsp3) is 0.143. The number of benzene rings is 2. The van der Waals surface area contributed by atoms with Crippen LogP contribution in [-0.4, -0.2) is 23.3 Å². The summed E-state index contributed by atoms with van der Waals surface area (Å²) >= 11 is 0. The molecule has 0 saturated carbocycles. The first-order valence-corrected chi connectivity index (χ1v) is 8.40. The van der Waals surface area contributed by atoms with Gasteiger partial charge in [-0.15, -0.1) is 0 Å². The van der Waals surface area contributed by atoms with Crippen LogP contribution >= 0.6 is 0 Å². The number of nitrogens with zero attached hydrogens (tertiary/aromatic N) is 1. The van der Waals surface area contributed by atoms with Gasteiger partial charge >= 0.3 is 6.03 Å². The van der Waals surface area contributed by atoms with Crippen molar-refractivity contribution in [1.29, 1.82) is 0 Å². The van der Waals surface area contributed by atoms with E-state index in [9.17, 15) is 14.0 Å². The second-order valence-electron chi connectivity index (χ2n) is 5.91. The van der Waals surface area contributed by atoms with Crippen molar-refractivity contribution < 1.29 is 14.0 Å². The quantitative estimate of drug-likeness (QED) is 0.826. The lowest BCUT2D eigenvalue weighted by molar-refractivity contribution is -0.111. The second kappa shape index (κ2) is 7.78. The first kappa shape index (κ1) is 17.6. The lowest BCUT2D eigenvalue weighted by atomic mass is 9.94. The maximum Gasteiger partial charge on any atom is 0.322 e. The van der Waals surface area contributed by atoms with Crippen LogP contribution in [0.5, 0.6) is 0 Å². The van der Waals surface area contributed by atoms with Gasteiger partial charge in [0, 0.05) is 18.3 Å². The van der Waals surface area contributed by atoms with Crippen molar-refractivity contribution >= 4 is 17.9 Å². The predicted octanol–water partition coefficient (Wildman–Crippen LogP) is 4.08. The molecule has 1 N–H and O–H groups in total. The van der Waals surface area contributed by atoms with E-state index in [1.54, 1.807) is 24.4 Å². The summed E-state index contributed by atoms with van der Waals surface area (Å²) in [5, 5.41) is 2.88. The predicted molar refractivity (Wildman–Crippen MR) is 98.6 cm³/mol. The molecule has 0 aromatic heterocycles. The van der Waals surface area contributed by atoms with Gasteiger partial charge in [-0.25, -0.2) is 9.18 Å². The smallest absolute Gasteiger partial charge is 0.322 e. The van der Waals surface area contributed by atoms with Crippen LogP contribution in [0.15, 0.2) is 72.4 Å². The Morgan fingerprint density at radius 2 is 1.85 bits per heavy atom. The summed E-state index contributed by atoms with van der Waals surface area (Å²) in [7, 11) is 0. The lowest BCUT2D eigenvalue weighted by Gasteiger charge is -2.31. The number of ketones is 1. The van der Waals surface area contributed by atoms with Gasteiger partial charge in [0.05, 0.1) is 6.04 Å². The zero-order chi connectivity index (χ0) is 18.5. The van der Waals surface area contributed by atoms with Gasteiger partial charge in [-0.05, 0) is 36.3 Å². The third-order valence-corrected chi connectivity index (χ3v) is 4.19. The molecule has 1 atom stereocenters. The third-order valence-electron chi connectivity index (χ3n) is 4.19. The average molecular weight is 350 g/mol. The summed E-state index contributed by atoms with van der Waals surface area (Å²) in [6.07, 6.45) is 4.69. The molecule has 0 saturated heterocycles. The zero-order valence-corrected chi connectivity index (χ0v) is 14.4. The van der Waals surface area contributed by atoms with Crippen molar-refractivity contribution in [1.82, 2.24) is 10.2 Å². The molecule has 0 aliphatic carbocycles.